The molecule has 36 heavy (non-hydrogen) atoms. The number of rotatable bonds is 7. The highest BCUT2D eigenvalue weighted by atomic mass is 32.2. The Morgan fingerprint density at radius 2 is 1.64 bits per heavy atom. The summed E-state index contributed by atoms with van der Waals surface area (Å²) in [7, 11) is -3.78. The van der Waals surface area contributed by atoms with E-state index in [1.165, 1.54) is 65.0 Å². The van der Waals surface area contributed by atoms with E-state index < -0.39 is 26.8 Å². The van der Waals surface area contributed by atoms with E-state index in [4.69, 9.17) is 9.47 Å². The third kappa shape index (κ3) is 5.74. The van der Waals surface area contributed by atoms with Gasteiger partial charge in [0, 0.05) is 42.5 Å². The van der Waals surface area contributed by atoms with Gasteiger partial charge in [-0.2, -0.15) is 4.31 Å². The summed E-state index contributed by atoms with van der Waals surface area (Å²) in [6, 6.07) is 16.8. The average Bonchev–Trinajstić information content (AvgIpc) is 2.89. The van der Waals surface area contributed by atoms with E-state index in [1.807, 2.05) is 0 Å². The number of nitrogens with zero attached hydrogens (tertiary/aromatic N) is 2. The highest BCUT2D eigenvalue weighted by Gasteiger charge is 2.27. The molecule has 0 radical (unpaired) electrons. The van der Waals surface area contributed by atoms with Crippen molar-refractivity contribution in [3.63, 3.8) is 0 Å². The fraction of sp³-hybridized carbons (Fsp3) is 0.167. The van der Waals surface area contributed by atoms with Crippen molar-refractivity contribution >= 4 is 33.3 Å². The number of carbonyl (C=O) groups excluding carboxylic acids is 2. The van der Waals surface area contributed by atoms with Crippen LogP contribution in [0, 0.1) is 10.1 Å². The minimum absolute atomic E-state index is 0.0250. The second kappa shape index (κ2) is 10.6. The molecule has 3 aromatic carbocycles. The number of nitrogens with one attached hydrogen (secondary N) is 1. The number of amides is 1. The number of hydrogen-bond acceptors (Lipinski definition) is 8. The molecule has 0 spiro atoms. The molecule has 1 aliphatic heterocycles. The summed E-state index contributed by atoms with van der Waals surface area (Å²) in [5, 5.41) is 13.4. The van der Waals surface area contributed by atoms with Crippen LogP contribution < -0.4 is 10.1 Å². The Bertz CT molecular complexity index is 1400. The van der Waals surface area contributed by atoms with Gasteiger partial charge in [-0.15, -0.1) is 0 Å². The molecule has 0 bridgehead atoms. The summed E-state index contributed by atoms with van der Waals surface area (Å²) < 4.78 is 37.7. The monoisotopic (exact) mass is 511 g/mol. The molecular weight excluding hydrogens is 490 g/mol. The number of morpholine rings is 1. The maximum atomic E-state index is 12.9. The quantitative estimate of drug-likeness (QED) is 0.220. The molecule has 3 aromatic rings. The first kappa shape index (κ1) is 25.0. The Balaban J connectivity index is 1.45. The highest BCUT2D eigenvalue weighted by molar-refractivity contribution is 7.89. The number of sulfonamides is 1. The molecule has 186 valence electrons. The van der Waals surface area contributed by atoms with E-state index in [9.17, 15) is 28.1 Å². The number of ether oxygens (including phenoxy) is 2. The van der Waals surface area contributed by atoms with Crippen LogP contribution in [-0.4, -0.2) is 55.8 Å². The van der Waals surface area contributed by atoms with Crippen molar-refractivity contribution in [1.29, 1.82) is 0 Å². The van der Waals surface area contributed by atoms with Crippen LogP contribution in [0.5, 0.6) is 5.75 Å². The van der Waals surface area contributed by atoms with E-state index in [1.54, 1.807) is 12.1 Å². The van der Waals surface area contributed by atoms with E-state index in [2.05, 4.69) is 5.32 Å². The maximum absolute atomic E-state index is 12.9. The molecule has 1 heterocycles. The van der Waals surface area contributed by atoms with E-state index in [0.717, 1.165) is 0 Å². The van der Waals surface area contributed by atoms with Crippen LogP contribution >= 0.6 is 0 Å². The lowest BCUT2D eigenvalue weighted by molar-refractivity contribution is -0.384. The van der Waals surface area contributed by atoms with Gasteiger partial charge < -0.3 is 14.8 Å². The zero-order valence-corrected chi connectivity index (χ0v) is 19.6. The SMILES string of the molecule is O=C(Nc1cccc(OC(=O)c2cccc(S(=O)(=O)N3CCOCC3)c2)c1)c1ccc([N+](=O)[O-])cc1. The predicted molar refractivity (Wildman–Crippen MR) is 128 cm³/mol. The number of anilines is 1. The maximum Gasteiger partial charge on any atom is 0.343 e. The summed E-state index contributed by atoms with van der Waals surface area (Å²) in [6.45, 7) is 1.07. The molecule has 0 aliphatic carbocycles. The molecule has 1 amide bonds. The van der Waals surface area contributed by atoms with Gasteiger partial charge in [-0.3, -0.25) is 14.9 Å². The summed E-state index contributed by atoms with van der Waals surface area (Å²) in [4.78, 5) is 35.4. The van der Waals surface area contributed by atoms with Gasteiger partial charge in [0.15, 0.2) is 0 Å². The predicted octanol–water partition coefficient (Wildman–Crippen LogP) is 3.09. The largest absolute Gasteiger partial charge is 0.423 e. The zero-order valence-electron chi connectivity index (χ0n) is 18.8. The number of benzene rings is 3. The molecule has 0 unspecified atom stereocenters. The second-order valence-corrected chi connectivity index (χ2v) is 9.66. The lowest BCUT2D eigenvalue weighted by Gasteiger charge is -2.26. The van der Waals surface area contributed by atoms with Crippen LogP contribution in [0.2, 0.25) is 0 Å². The Hall–Kier alpha value is -4.13. The highest BCUT2D eigenvalue weighted by Crippen LogP contribution is 2.22. The van der Waals surface area contributed by atoms with E-state index >= 15 is 0 Å². The van der Waals surface area contributed by atoms with Gasteiger partial charge in [0.25, 0.3) is 11.6 Å². The van der Waals surface area contributed by atoms with Crippen molar-refractivity contribution in [2.45, 2.75) is 4.90 Å². The fourth-order valence-corrected chi connectivity index (χ4v) is 4.92. The van der Waals surface area contributed by atoms with Crippen LogP contribution in [0.3, 0.4) is 0 Å². The topological polar surface area (TPSA) is 145 Å². The molecular formula is C24H21N3O8S. The summed E-state index contributed by atoms with van der Waals surface area (Å²) in [5.74, 6) is -1.15. The first-order valence-corrected chi connectivity index (χ1v) is 12.2. The van der Waals surface area contributed by atoms with Crippen molar-refractivity contribution in [2.75, 3.05) is 31.6 Å². The normalized spacial score (nSPS) is 14.1. The Labute approximate surface area is 206 Å². The zero-order chi connectivity index (χ0) is 25.7. The van der Waals surface area contributed by atoms with Crippen molar-refractivity contribution in [2.24, 2.45) is 0 Å². The summed E-state index contributed by atoms with van der Waals surface area (Å²) >= 11 is 0. The molecule has 11 nitrogen and oxygen atoms in total. The van der Waals surface area contributed by atoms with Gasteiger partial charge in [-0.25, -0.2) is 13.2 Å². The molecule has 4 rings (SSSR count). The third-order valence-corrected chi connectivity index (χ3v) is 7.21. The van der Waals surface area contributed by atoms with Crippen LogP contribution in [-0.2, 0) is 14.8 Å². The minimum atomic E-state index is -3.78. The average molecular weight is 512 g/mol. The Kier molecular flexibility index (Phi) is 7.38. The number of carbonyl (C=O) groups is 2. The standard InChI is InChI=1S/C24H21N3O8S/c28-23(17-7-9-20(10-8-17)27(30)31)25-19-4-2-5-21(16-19)35-24(29)18-3-1-6-22(15-18)36(32,33)26-11-13-34-14-12-26/h1-10,15-16H,11-14H2,(H,25,28). The third-order valence-electron chi connectivity index (χ3n) is 5.32. The van der Waals surface area contributed by atoms with Crippen LogP contribution in [0.1, 0.15) is 20.7 Å². The molecule has 1 saturated heterocycles. The Morgan fingerprint density at radius 3 is 2.33 bits per heavy atom. The minimum Gasteiger partial charge on any atom is -0.423 e. The van der Waals surface area contributed by atoms with E-state index in [0.29, 0.717) is 18.9 Å². The lowest BCUT2D eigenvalue weighted by Crippen LogP contribution is -2.40. The van der Waals surface area contributed by atoms with Gasteiger partial charge >= 0.3 is 5.97 Å². The van der Waals surface area contributed by atoms with Gasteiger partial charge in [0.2, 0.25) is 10.0 Å². The first-order chi connectivity index (χ1) is 17.2. The summed E-state index contributed by atoms with van der Waals surface area (Å²) in [6.07, 6.45) is 0. The molecule has 0 saturated carbocycles. The molecule has 1 fully saturated rings. The van der Waals surface area contributed by atoms with Gasteiger partial charge in [0.05, 0.1) is 28.6 Å². The number of nitro groups is 1. The van der Waals surface area contributed by atoms with Crippen molar-refractivity contribution in [3.8, 4) is 5.75 Å². The van der Waals surface area contributed by atoms with Crippen molar-refractivity contribution in [3.05, 3.63) is 94.0 Å². The number of nitro benzene ring substituents is 1. The smallest absolute Gasteiger partial charge is 0.343 e. The summed E-state index contributed by atoms with van der Waals surface area (Å²) in [5.41, 5.74) is 0.445. The van der Waals surface area contributed by atoms with Gasteiger partial charge in [-0.1, -0.05) is 12.1 Å². The molecule has 0 aromatic heterocycles. The molecule has 0 atom stereocenters. The Morgan fingerprint density at radius 1 is 0.944 bits per heavy atom. The number of non-ortho nitro benzene ring substituents is 1. The second-order valence-electron chi connectivity index (χ2n) is 7.72. The lowest BCUT2D eigenvalue weighted by atomic mass is 10.2. The number of esters is 1. The fourth-order valence-electron chi connectivity index (χ4n) is 3.46. The van der Waals surface area contributed by atoms with Crippen LogP contribution in [0.15, 0.2) is 77.7 Å². The number of hydrogen-bond donors (Lipinski definition) is 1. The van der Waals surface area contributed by atoms with Crippen LogP contribution in [0.25, 0.3) is 0 Å². The first-order valence-electron chi connectivity index (χ1n) is 10.8. The van der Waals surface area contributed by atoms with Crippen molar-refractivity contribution < 1.29 is 32.4 Å². The molecule has 1 N–H and O–H groups in total. The molecule has 12 heteroatoms. The van der Waals surface area contributed by atoms with Crippen molar-refractivity contribution in [1.82, 2.24) is 4.31 Å². The van der Waals surface area contributed by atoms with Crippen LogP contribution in [0.4, 0.5) is 11.4 Å². The van der Waals surface area contributed by atoms with Gasteiger partial charge in [0.1, 0.15) is 5.75 Å². The van der Waals surface area contributed by atoms with E-state index in [-0.39, 0.29) is 40.5 Å². The van der Waals surface area contributed by atoms with Gasteiger partial charge in [-0.05, 0) is 42.5 Å². The molecule has 1 aliphatic rings.